The average Bonchev–Trinajstić information content (AvgIpc) is 3.92. The summed E-state index contributed by atoms with van der Waals surface area (Å²) in [6.45, 7) is 9.22. The molecule has 7 heterocycles. The third-order valence-corrected chi connectivity index (χ3v) is 11.9. The third-order valence-electron chi connectivity index (χ3n) is 9.35. The van der Waals surface area contributed by atoms with Crippen LogP contribution in [0.15, 0.2) is 45.7 Å². The van der Waals surface area contributed by atoms with Crippen molar-refractivity contribution >= 4 is 45.0 Å². The van der Waals surface area contributed by atoms with E-state index in [9.17, 15) is 0 Å². The van der Waals surface area contributed by atoms with E-state index in [2.05, 4.69) is 13.8 Å². The molecule has 2 aromatic heterocycles. The second-order valence-electron chi connectivity index (χ2n) is 12.3. The largest absolute Gasteiger partial charge is 0.486 e. The fraction of sp³-hybridized carbons (Fsp3) is 0.429. The highest BCUT2D eigenvalue weighted by Crippen LogP contribution is 2.61. The Morgan fingerprint density at radius 2 is 0.574 bits per heavy atom. The number of ether oxygens (including phenoxy) is 10. The van der Waals surface area contributed by atoms with Gasteiger partial charge in [-0.2, -0.15) is 0 Å². The molecule has 10 rings (SSSR count). The highest BCUT2D eigenvalue weighted by Gasteiger charge is 2.42. The van der Waals surface area contributed by atoms with Gasteiger partial charge in [0.1, 0.15) is 66.1 Å². The standard InChI is InChI=1S/C35H32O10S2/c1-16-13-18(24-22(16)36-3-5-38-24)32-28-30(44-11-9-42-28)34(46-32)20-15-21(27-26(20)40-7-8-41-27)35-31-29(43-10-12-45-31)33(47-35)19-14-17(2)23-25(19)39-6-4-37-23/h3-15H2,1-2H3. The molecule has 2 aromatic rings. The van der Waals surface area contributed by atoms with Gasteiger partial charge in [0.05, 0.1) is 19.5 Å². The smallest absolute Gasteiger partial charge is 0.180 e. The summed E-state index contributed by atoms with van der Waals surface area (Å²) in [5, 5.41) is 0. The lowest BCUT2D eigenvalue weighted by molar-refractivity contribution is 0.0612. The lowest BCUT2D eigenvalue weighted by atomic mass is 10.1. The van der Waals surface area contributed by atoms with E-state index in [0.717, 1.165) is 123 Å². The lowest BCUT2D eigenvalue weighted by Crippen LogP contribution is -2.16. The van der Waals surface area contributed by atoms with Crippen molar-refractivity contribution in [2.24, 2.45) is 0 Å². The summed E-state index contributed by atoms with van der Waals surface area (Å²) in [4.78, 5) is 4.00. The van der Waals surface area contributed by atoms with E-state index in [4.69, 9.17) is 47.4 Å². The molecule has 244 valence electrons. The second kappa shape index (κ2) is 10.7. The zero-order valence-corrected chi connectivity index (χ0v) is 27.7. The van der Waals surface area contributed by atoms with Gasteiger partial charge in [-0.15, -0.1) is 22.7 Å². The number of thiophene rings is 2. The molecule has 0 radical (unpaired) electrons. The van der Waals surface area contributed by atoms with E-state index in [1.54, 1.807) is 22.7 Å². The molecule has 0 N–H and O–H groups in total. The molecule has 3 fully saturated rings. The third kappa shape index (κ3) is 4.13. The minimum absolute atomic E-state index is 0.467. The monoisotopic (exact) mass is 676 g/mol. The van der Waals surface area contributed by atoms with Crippen molar-refractivity contribution < 1.29 is 47.4 Å². The van der Waals surface area contributed by atoms with Gasteiger partial charge in [-0.3, -0.25) is 0 Å². The van der Waals surface area contributed by atoms with Crippen LogP contribution in [-0.4, -0.2) is 66.1 Å². The minimum Gasteiger partial charge on any atom is -0.486 e. The maximum Gasteiger partial charge on any atom is 0.180 e. The molecule has 47 heavy (non-hydrogen) atoms. The van der Waals surface area contributed by atoms with Gasteiger partial charge < -0.3 is 47.4 Å². The van der Waals surface area contributed by atoms with E-state index < -0.39 is 0 Å². The van der Waals surface area contributed by atoms with Crippen LogP contribution in [0.2, 0.25) is 0 Å². The fourth-order valence-electron chi connectivity index (χ4n) is 7.40. The first kappa shape index (κ1) is 27.9. The zero-order chi connectivity index (χ0) is 31.2. The number of allylic oxidation sites excluding steroid dienone is 6. The summed E-state index contributed by atoms with van der Waals surface area (Å²) >= 11 is 3.32. The molecular weight excluding hydrogens is 645 g/mol. The normalized spacial score (nSPS) is 22.8. The van der Waals surface area contributed by atoms with Crippen molar-refractivity contribution in [1.29, 1.82) is 0 Å². The van der Waals surface area contributed by atoms with Crippen LogP contribution in [0.4, 0.5) is 0 Å². The highest BCUT2D eigenvalue weighted by molar-refractivity contribution is 7.15. The van der Waals surface area contributed by atoms with E-state index in [1.807, 2.05) is 0 Å². The first-order chi connectivity index (χ1) is 23.2. The van der Waals surface area contributed by atoms with Gasteiger partial charge in [0.2, 0.25) is 0 Å². The molecule has 12 heteroatoms. The van der Waals surface area contributed by atoms with Gasteiger partial charge in [0, 0.05) is 41.6 Å². The molecular formula is C35H32O10S2. The van der Waals surface area contributed by atoms with Gasteiger partial charge >= 0.3 is 0 Å². The van der Waals surface area contributed by atoms with Crippen LogP contribution in [-0.2, 0) is 28.4 Å². The van der Waals surface area contributed by atoms with Crippen molar-refractivity contribution in [3.8, 4) is 23.0 Å². The van der Waals surface area contributed by atoms with Crippen molar-refractivity contribution in [1.82, 2.24) is 0 Å². The van der Waals surface area contributed by atoms with Crippen LogP contribution in [0.25, 0.3) is 22.3 Å². The molecule has 3 saturated heterocycles. The summed E-state index contributed by atoms with van der Waals surface area (Å²) in [5.74, 6) is 7.86. The molecule has 0 bridgehead atoms. The first-order valence-electron chi connectivity index (χ1n) is 16.1. The summed E-state index contributed by atoms with van der Waals surface area (Å²) < 4.78 is 62.5. The Balaban J connectivity index is 1.08. The highest BCUT2D eigenvalue weighted by atomic mass is 32.1. The SMILES string of the molecule is CC1=C2OCCOC2=C(c2sc(C3=C4OCCOC4=C(c4sc(C5=C6OCCOC6=C(C)C5)c5c4OCCO5)C3)c3c2OCCO3)C1. The van der Waals surface area contributed by atoms with Gasteiger partial charge in [-0.25, -0.2) is 0 Å². The molecule has 5 aliphatic heterocycles. The van der Waals surface area contributed by atoms with E-state index in [-0.39, 0.29) is 0 Å². The molecule has 0 aromatic carbocycles. The summed E-state index contributed by atoms with van der Waals surface area (Å²) in [6, 6.07) is 0. The molecule has 0 amide bonds. The van der Waals surface area contributed by atoms with Crippen LogP contribution in [0, 0.1) is 0 Å². The van der Waals surface area contributed by atoms with Gasteiger partial charge in [0.25, 0.3) is 0 Å². The predicted molar refractivity (Wildman–Crippen MR) is 173 cm³/mol. The van der Waals surface area contributed by atoms with E-state index in [1.165, 1.54) is 0 Å². The Bertz CT molecular complexity index is 1810. The number of hydrogen-bond donors (Lipinski definition) is 0. The summed E-state index contributed by atoms with van der Waals surface area (Å²) in [7, 11) is 0. The van der Waals surface area contributed by atoms with Crippen molar-refractivity contribution in [2.45, 2.75) is 33.1 Å². The fourth-order valence-corrected chi connectivity index (χ4v) is 9.94. The molecule has 3 aliphatic carbocycles. The Morgan fingerprint density at radius 3 is 0.915 bits per heavy atom. The second-order valence-corrected chi connectivity index (χ2v) is 14.3. The van der Waals surface area contributed by atoms with Crippen molar-refractivity contribution in [3.05, 3.63) is 65.2 Å². The lowest BCUT2D eigenvalue weighted by Gasteiger charge is -2.21. The van der Waals surface area contributed by atoms with Crippen molar-refractivity contribution in [2.75, 3.05) is 66.1 Å². The van der Waals surface area contributed by atoms with E-state index in [0.29, 0.717) is 72.5 Å². The molecule has 0 atom stereocenters. The van der Waals surface area contributed by atoms with E-state index >= 15 is 0 Å². The molecule has 0 saturated carbocycles. The first-order valence-corrected chi connectivity index (χ1v) is 17.7. The molecule has 0 spiro atoms. The average molecular weight is 677 g/mol. The van der Waals surface area contributed by atoms with Crippen LogP contribution in [0.3, 0.4) is 0 Å². The van der Waals surface area contributed by atoms with Crippen LogP contribution >= 0.6 is 22.7 Å². The van der Waals surface area contributed by atoms with Gasteiger partial charge in [-0.05, 0) is 25.0 Å². The zero-order valence-electron chi connectivity index (χ0n) is 26.1. The molecule has 0 unspecified atom stereocenters. The van der Waals surface area contributed by atoms with Crippen LogP contribution in [0.1, 0.15) is 52.6 Å². The van der Waals surface area contributed by atoms with Gasteiger partial charge in [-0.1, -0.05) is 0 Å². The van der Waals surface area contributed by atoms with Crippen molar-refractivity contribution in [3.63, 3.8) is 0 Å². The Morgan fingerprint density at radius 1 is 0.319 bits per heavy atom. The Hall–Kier alpha value is -4.16. The maximum absolute atomic E-state index is 6.41. The van der Waals surface area contributed by atoms with Gasteiger partial charge in [0.15, 0.2) is 57.6 Å². The predicted octanol–water partition coefficient (Wildman–Crippen LogP) is 6.80. The summed E-state index contributed by atoms with van der Waals surface area (Å²) in [6.07, 6.45) is 2.06. The summed E-state index contributed by atoms with van der Waals surface area (Å²) in [5.41, 5.74) is 6.53. The minimum atomic E-state index is 0.467. The Kier molecular flexibility index (Phi) is 6.34. The topological polar surface area (TPSA) is 92.3 Å². The number of rotatable bonds is 4. The van der Waals surface area contributed by atoms with Crippen LogP contribution < -0.4 is 18.9 Å². The molecule has 10 nitrogen and oxygen atoms in total. The number of fused-ring (bicyclic) bond motifs is 5. The molecule has 8 aliphatic rings. The Labute approximate surface area is 279 Å². The quantitative estimate of drug-likeness (QED) is 0.345. The number of hydrogen-bond acceptors (Lipinski definition) is 12. The van der Waals surface area contributed by atoms with Crippen LogP contribution in [0.5, 0.6) is 23.0 Å². The maximum atomic E-state index is 6.41.